The highest BCUT2D eigenvalue weighted by Crippen LogP contribution is 2.48. The highest BCUT2D eigenvalue weighted by molar-refractivity contribution is 6.30. The van der Waals surface area contributed by atoms with Gasteiger partial charge in [-0.2, -0.15) is 10.5 Å². The van der Waals surface area contributed by atoms with E-state index in [1.165, 1.54) is 26.9 Å². The van der Waals surface area contributed by atoms with Gasteiger partial charge in [0.2, 0.25) is 0 Å². The van der Waals surface area contributed by atoms with Crippen molar-refractivity contribution in [3.8, 4) is 125 Å². The first-order valence-corrected chi connectivity index (χ1v) is 38.5. The number of fused-ring (bicyclic) bond motifs is 14. The summed E-state index contributed by atoms with van der Waals surface area (Å²) in [6, 6.07) is 138. The van der Waals surface area contributed by atoms with E-state index in [1.54, 1.807) is 0 Å². The van der Waals surface area contributed by atoms with E-state index in [4.69, 9.17) is 29.9 Å². The smallest absolute Gasteiger partial charge is 0.164 e. The van der Waals surface area contributed by atoms with Crippen LogP contribution in [0.25, 0.3) is 201 Å². The number of nitriles is 2. The third kappa shape index (κ3) is 11.6. The summed E-state index contributed by atoms with van der Waals surface area (Å²) in [6.45, 7) is 0. The van der Waals surface area contributed by atoms with Crippen molar-refractivity contribution in [2.24, 2.45) is 0 Å². The van der Waals surface area contributed by atoms with Gasteiger partial charge >= 0.3 is 0 Å². The largest absolute Gasteiger partial charge is 0.309 e. The molecule has 6 heterocycles. The second-order valence-corrected chi connectivity index (χ2v) is 28.7. The number of para-hydroxylation sites is 7. The Balaban J connectivity index is 0.000000145. The first kappa shape index (κ1) is 67.8. The van der Waals surface area contributed by atoms with Crippen LogP contribution in [-0.4, -0.2) is 48.2 Å². The van der Waals surface area contributed by atoms with E-state index in [2.05, 4.69) is 255 Å². The summed E-state index contributed by atoms with van der Waals surface area (Å²) in [7, 11) is 0. The molecule has 0 aliphatic heterocycles. The van der Waals surface area contributed by atoms with Crippen LogP contribution in [0.15, 0.2) is 388 Å². The molecule has 116 heavy (non-hydrogen) atoms. The van der Waals surface area contributed by atoms with Gasteiger partial charge in [0.25, 0.3) is 0 Å². The van der Waals surface area contributed by atoms with Gasteiger partial charge in [-0.3, -0.25) is 0 Å². The first-order chi connectivity index (χ1) is 57.5. The lowest BCUT2D eigenvalue weighted by Gasteiger charge is -2.13. The molecule has 6 aromatic heterocycles. The predicted octanol–water partition coefficient (Wildman–Crippen LogP) is 25.2. The van der Waals surface area contributed by atoms with Gasteiger partial charge in [-0.25, -0.2) is 29.9 Å². The number of benzene rings is 16. The lowest BCUT2D eigenvalue weighted by molar-refractivity contribution is 1.07. The number of hydrogen-bond donors (Lipinski definition) is 0. The molecule has 22 aromatic rings. The zero-order valence-corrected chi connectivity index (χ0v) is 62.3. The lowest BCUT2D eigenvalue weighted by atomic mass is 9.95. The fraction of sp³-hybridized carbons (Fsp3) is 0. The lowest BCUT2D eigenvalue weighted by Crippen LogP contribution is -2.00. The van der Waals surface area contributed by atoms with Gasteiger partial charge in [0.15, 0.2) is 34.9 Å². The van der Waals surface area contributed by atoms with E-state index in [0.29, 0.717) is 46.1 Å². The summed E-state index contributed by atoms with van der Waals surface area (Å²) in [5.74, 6) is 3.32. The zero-order valence-electron chi connectivity index (χ0n) is 62.3. The van der Waals surface area contributed by atoms with Crippen LogP contribution in [0.1, 0.15) is 11.1 Å². The molecule has 12 nitrogen and oxygen atoms in total. The molecule has 0 bridgehead atoms. The van der Waals surface area contributed by atoms with Crippen LogP contribution >= 0.6 is 0 Å². The van der Waals surface area contributed by atoms with Gasteiger partial charge in [0, 0.05) is 110 Å². The van der Waals surface area contributed by atoms with Gasteiger partial charge in [-0.1, -0.05) is 285 Å². The Bertz CT molecular complexity index is 7560. The maximum atomic E-state index is 10.9. The third-order valence-electron chi connectivity index (χ3n) is 22.0. The predicted molar refractivity (Wildman–Crippen MR) is 470 cm³/mol. The van der Waals surface area contributed by atoms with Crippen molar-refractivity contribution in [2.45, 2.75) is 0 Å². The maximum absolute atomic E-state index is 10.9. The highest BCUT2D eigenvalue weighted by Gasteiger charge is 2.27. The van der Waals surface area contributed by atoms with Crippen LogP contribution in [-0.2, 0) is 0 Å². The Hall–Kier alpha value is -16.3. The second kappa shape index (κ2) is 28.5. The van der Waals surface area contributed by atoms with E-state index < -0.39 is 0 Å². The minimum absolute atomic E-state index is 0.504. The highest BCUT2D eigenvalue weighted by atomic mass is 15.1. The average Bonchev–Trinajstić information content (AvgIpc) is 1.55. The molecule has 16 aromatic carbocycles. The Morgan fingerprint density at radius 3 is 0.966 bits per heavy atom. The van der Waals surface area contributed by atoms with Crippen LogP contribution in [0.3, 0.4) is 0 Å². The van der Waals surface area contributed by atoms with Crippen molar-refractivity contribution in [2.75, 3.05) is 0 Å². The summed E-state index contributed by atoms with van der Waals surface area (Å²) in [4.78, 5) is 29.4. The average molecular weight is 1480 g/mol. The number of hydrogen-bond acceptors (Lipinski definition) is 8. The van der Waals surface area contributed by atoms with Gasteiger partial charge in [0.05, 0.1) is 67.4 Å². The van der Waals surface area contributed by atoms with Gasteiger partial charge in [-0.05, 0) is 114 Å². The SMILES string of the molecule is N#Cc1cc(-c2nc(-c3ccccc3)nc(-c3ccccc3)n2)ccc1-c1ccc2c(c1)c1ccc3c(c4ccccc4n3-c3ccccc3)c1n2-c1ccccc1.N#Cc1cc(-c2nc(-c3ccccc3)nc(-c3ccccc3)n2)ccc1-c1cccc2c3c4c5ccccc5n(-c5ccccc5)c4ccc3n(-c3ccccc3)c12. The van der Waals surface area contributed by atoms with Crippen molar-refractivity contribution >= 4 is 87.2 Å². The van der Waals surface area contributed by atoms with Crippen molar-refractivity contribution in [3.05, 3.63) is 399 Å². The molecule has 12 heteroatoms. The molecule has 0 aliphatic rings. The van der Waals surface area contributed by atoms with Crippen LogP contribution in [0.4, 0.5) is 0 Å². The minimum Gasteiger partial charge on any atom is -0.309 e. The number of nitrogens with zero attached hydrogens (tertiary/aromatic N) is 12. The van der Waals surface area contributed by atoms with Crippen LogP contribution in [0.2, 0.25) is 0 Å². The number of aromatic nitrogens is 10. The van der Waals surface area contributed by atoms with Crippen LogP contribution < -0.4 is 0 Å². The van der Waals surface area contributed by atoms with Gasteiger partial charge < -0.3 is 18.3 Å². The molecule has 0 saturated carbocycles. The molecule has 0 atom stereocenters. The molecule has 0 aliphatic carbocycles. The molecular formula is C104H64N12. The molecular weight excluding hydrogens is 1420 g/mol. The van der Waals surface area contributed by atoms with Gasteiger partial charge in [0.1, 0.15) is 0 Å². The molecule has 0 fully saturated rings. The molecule has 0 radical (unpaired) electrons. The minimum atomic E-state index is 0.504. The number of rotatable bonds is 12. The summed E-state index contributed by atoms with van der Waals surface area (Å²) in [5.41, 5.74) is 23.1. The van der Waals surface area contributed by atoms with E-state index >= 15 is 0 Å². The molecule has 0 N–H and O–H groups in total. The quantitative estimate of drug-likeness (QED) is 0.118. The normalized spacial score (nSPS) is 11.4. The van der Waals surface area contributed by atoms with E-state index in [0.717, 1.165) is 139 Å². The zero-order chi connectivity index (χ0) is 77.2. The fourth-order valence-electron chi connectivity index (χ4n) is 16.9. The Morgan fingerprint density at radius 1 is 0.190 bits per heavy atom. The molecule has 540 valence electrons. The van der Waals surface area contributed by atoms with Crippen molar-refractivity contribution in [3.63, 3.8) is 0 Å². The summed E-state index contributed by atoms with van der Waals surface area (Å²) in [6.07, 6.45) is 0. The van der Waals surface area contributed by atoms with Crippen LogP contribution in [0.5, 0.6) is 0 Å². The Morgan fingerprint density at radius 2 is 0.509 bits per heavy atom. The Labute approximate surface area is 666 Å². The van der Waals surface area contributed by atoms with E-state index in [-0.39, 0.29) is 0 Å². The monoisotopic (exact) mass is 1480 g/mol. The Kier molecular flexibility index (Phi) is 16.7. The molecule has 0 saturated heterocycles. The summed E-state index contributed by atoms with van der Waals surface area (Å²) in [5, 5.41) is 30.9. The van der Waals surface area contributed by atoms with E-state index in [9.17, 15) is 10.5 Å². The molecule has 22 rings (SSSR count). The topological polar surface area (TPSA) is 145 Å². The first-order valence-electron chi connectivity index (χ1n) is 38.5. The summed E-state index contributed by atoms with van der Waals surface area (Å²) < 4.78 is 9.47. The van der Waals surface area contributed by atoms with Crippen molar-refractivity contribution < 1.29 is 0 Å². The standard InChI is InChI=1S/2C52H32N6/c53-33-37-32-36(52-55-50(34-16-5-1-6-17-34)54-51(56-52)35-18-7-2-8-19-35)28-29-40(37)41-25-15-26-43-48-46(58(49(41)43)39-22-11-4-12-23-39)31-30-45-47(48)42-24-13-14-27-44(42)57(45)38-20-9-3-10-21-38;53-33-38-31-37(52-55-50(34-15-5-1-6-16-34)54-51(56-52)35-17-7-2-8-18-35)25-27-41(38)36-26-29-46-44(32-36)42-28-30-47-48(49(42)58(46)40-21-11-4-12-22-40)43-23-13-14-24-45(43)57(47)39-19-9-3-10-20-39/h2*1-32H. The van der Waals surface area contributed by atoms with Gasteiger partial charge in [-0.15, -0.1) is 0 Å². The maximum Gasteiger partial charge on any atom is 0.164 e. The van der Waals surface area contributed by atoms with Crippen LogP contribution in [0, 0.1) is 22.7 Å². The third-order valence-corrected chi connectivity index (χ3v) is 22.0. The molecule has 0 amide bonds. The fourth-order valence-corrected chi connectivity index (χ4v) is 16.9. The second-order valence-electron chi connectivity index (χ2n) is 28.7. The van der Waals surface area contributed by atoms with Crippen molar-refractivity contribution in [1.29, 1.82) is 10.5 Å². The van der Waals surface area contributed by atoms with Crippen molar-refractivity contribution in [1.82, 2.24) is 48.2 Å². The van der Waals surface area contributed by atoms with E-state index in [1.807, 2.05) is 164 Å². The molecule has 0 unspecified atom stereocenters. The molecule has 0 spiro atoms. The summed E-state index contributed by atoms with van der Waals surface area (Å²) >= 11 is 0.